The molecule has 0 spiro atoms. The fraction of sp³-hybridized carbons (Fsp3) is 0.240. The van der Waals surface area contributed by atoms with Crippen molar-refractivity contribution < 1.29 is 18.9 Å². The van der Waals surface area contributed by atoms with Gasteiger partial charge in [-0.2, -0.15) is 5.10 Å². The standard InChI is InChI=1S/C25H22Cl2N2O4/c1-30-22-13-24(32-3)23(31-2)11-18(22)25-29-20(17-10-16(27)8-9-21(17)33-25)12-19(28-29)14-4-6-15(26)7-5-14/h4-11,13,20,25H,12H2,1-3H3. The highest BCUT2D eigenvalue weighted by atomic mass is 35.5. The summed E-state index contributed by atoms with van der Waals surface area (Å²) in [5, 5.41) is 8.28. The number of benzene rings is 3. The molecule has 2 atom stereocenters. The van der Waals surface area contributed by atoms with Gasteiger partial charge in [0.05, 0.1) is 38.6 Å². The molecule has 0 aromatic heterocycles. The van der Waals surface area contributed by atoms with Crippen molar-refractivity contribution in [1.29, 1.82) is 0 Å². The molecule has 2 heterocycles. The smallest absolute Gasteiger partial charge is 0.217 e. The van der Waals surface area contributed by atoms with E-state index in [9.17, 15) is 0 Å². The lowest BCUT2D eigenvalue weighted by Crippen LogP contribution is -2.34. The molecule has 2 aliphatic heterocycles. The number of halogens is 2. The van der Waals surface area contributed by atoms with Crippen LogP contribution < -0.4 is 18.9 Å². The summed E-state index contributed by atoms with van der Waals surface area (Å²) in [5.74, 6) is 2.53. The molecule has 3 aromatic carbocycles. The molecule has 0 amide bonds. The van der Waals surface area contributed by atoms with Crippen LogP contribution >= 0.6 is 23.2 Å². The van der Waals surface area contributed by atoms with Crippen molar-refractivity contribution >= 4 is 28.9 Å². The molecule has 6 nitrogen and oxygen atoms in total. The SMILES string of the molecule is COc1cc(OC)c(C2Oc3ccc(Cl)cc3C3CC(c4ccc(Cl)cc4)=NN32)cc1OC. The molecule has 2 aliphatic rings. The molecule has 0 fully saturated rings. The summed E-state index contributed by atoms with van der Waals surface area (Å²) in [6.45, 7) is 0. The lowest BCUT2D eigenvalue weighted by atomic mass is 9.95. The maximum Gasteiger partial charge on any atom is 0.217 e. The molecule has 2 unspecified atom stereocenters. The van der Waals surface area contributed by atoms with Gasteiger partial charge in [0, 0.05) is 28.1 Å². The highest BCUT2D eigenvalue weighted by molar-refractivity contribution is 6.31. The number of hydrogen-bond donors (Lipinski definition) is 0. The number of methoxy groups -OCH3 is 3. The van der Waals surface area contributed by atoms with E-state index < -0.39 is 6.23 Å². The maximum absolute atomic E-state index is 6.47. The van der Waals surface area contributed by atoms with E-state index in [2.05, 4.69) is 0 Å². The first kappa shape index (κ1) is 21.7. The van der Waals surface area contributed by atoms with Gasteiger partial charge in [0.15, 0.2) is 11.5 Å². The first-order chi connectivity index (χ1) is 16.0. The van der Waals surface area contributed by atoms with Gasteiger partial charge < -0.3 is 18.9 Å². The predicted octanol–water partition coefficient (Wildman–Crippen LogP) is 6.26. The molecular formula is C25H22Cl2N2O4. The number of hydrogen-bond acceptors (Lipinski definition) is 6. The van der Waals surface area contributed by atoms with Crippen LogP contribution in [0.5, 0.6) is 23.0 Å². The average molecular weight is 485 g/mol. The second-order valence-corrected chi connectivity index (χ2v) is 8.63. The minimum atomic E-state index is -0.539. The summed E-state index contributed by atoms with van der Waals surface area (Å²) in [6, 6.07) is 17.0. The van der Waals surface area contributed by atoms with E-state index in [1.807, 2.05) is 53.5 Å². The van der Waals surface area contributed by atoms with Gasteiger partial charge in [0.1, 0.15) is 11.5 Å². The quantitative estimate of drug-likeness (QED) is 0.427. The predicted molar refractivity (Wildman–Crippen MR) is 128 cm³/mol. The Morgan fingerprint density at radius 3 is 2.18 bits per heavy atom. The highest BCUT2D eigenvalue weighted by Gasteiger charge is 2.42. The normalized spacial score (nSPS) is 18.7. The molecule has 33 heavy (non-hydrogen) atoms. The van der Waals surface area contributed by atoms with Crippen LogP contribution in [0.3, 0.4) is 0 Å². The molecular weight excluding hydrogens is 463 g/mol. The molecule has 170 valence electrons. The summed E-state index contributed by atoms with van der Waals surface area (Å²) >= 11 is 12.4. The lowest BCUT2D eigenvalue weighted by molar-refractivity contribution is -0.0204. The van der Waals surface area contributed by atoms with E-state index in [0.717, 1.165) is 28.2 Å². The van der Waals surface area contributed by atoms with Gasteiger partial charge in [-0.3, -0.25) is 0 Å². The molecule has 5 rings (SSSR count). The highest BCUT2D eigenvalue weighted by Crippen LogP contribution is 2.50. The Morgan fingerprint density at radius 1 is 0.818 bits per heavy atom. The summed E-state index contributed by atoms with van der Waals surface area (Å²) in [6.07, 6.45) is 0.160. The fourth-order valence-electron chi connectivity index (χ4n) is 4.33. The van der Waals surface area contributed by atoms with Crippen molar-refractivity contribution in [2.45, 2.75) is 18.7 Å². The minimum absolute atomic E-state index is 0.0547. The van der Waals surface area contributed by atoms with E-state index in [4.69, 9.17) is 47.3 Å². The second kappa shape index (κ2) is 8.69. The zero-order chi connectivity index (χ0) is 23.1. The molecule has 0 N–H and O–H groups in total. The number of rotatable bonds is 5. The molecule has 0 bridgehead atoms. The van der Waals surface area contributed by atoms with Crippen LogP contribution in [-0.4, -0.2) is 32.0 Å². The summed E-state index contributed by atoms with van der Waals surface area (Å²) in [4.78, 5) is 0. The third kappa shape index (κ3) is 3.83. The van der Waals surface area contributed by atoms with Crippen molar-refractivity contribution in [2.75, 3.05) is 21.3 Å². The molecule has 3 aromatic rings. The van der Waals surface area contributed by atoms with Crippen LogP contribution in [0, 0.1) is 0 Å². The summed E-state index contributed by atoms with van der Waals surface area (Å²) in [5.41, 5.74) is 3.72. The molecule has 8 heteroatoms. The molecule has 0 radical (unpaired) electrons. The maximum atomic E-state index is 6.47. The van der Waals surface area contributed by atoms with Crippen LogP contribution in [0.25, 0.3) is 0 Å². The lowest BCUT2D eigenvalue weighted by Gasteiger charge is -2.38. The van der Waals surface area contributed by atoms with E-state index in [0.29, 0.717) is 33.7 Å². The first-order valence-electron chi connectivity index (χ1n) is 10.4. The van der Waals surface area contributed by atoms with Gasteiger partial charge in [-0.25, -0.2) is 5.01 Å². The molecule has 0 saturated carbocycles. The Hall–Kier alpha value is -3.09. The van der Waals surface area contributed by atoms with Crippen molar-refractivity contribution in [2.24, 2.45) is 5.10 Å². The molecule has 0 saturated heterocycles. The van der Waals surface area contributed by atoms with Gasteiger partial charge in [0.25, 0.3) is 0 Å². The zero-order valence-electron chi connectivity index (χ0n) is 18.3. The number of hydrazone groups is 1. The van der Waals surface area contributed by atoms with Gasteiger partial charge >= 0.3 is 0 Å². The van der Waals surface area contributed by atoms with Crippen LogP contribution in [0.4, 0.5) is 0 Å². The van der Waals surface area contributed by atoms with Crippen LogP contribution in [0.15, 0.2) is 59.7 Å². The van der Waals surface area contributed by atoms with Gasteiger partial charge in [-0.05, 0) is 42.0 Å². The van der Waals surface area contributed by atoms with Crippen LogP contribution in [0.1, 0.15) is 35.4 Å². The Labute approximate surface area is 202 Å². The summed E-state index contributed by atoms with van der Waals surface area (Å²) < 4.78 is 23.2. The monoisotopic (exact) mass is 484 g/mol. The number of nitrogens with zero attached hydrogens (tertiary/aromatic N) is 2. The van der Waals surface area contributed by atoms with Crippen molar-refractivity contribution in [1.82, 2.24) is 5.01 Å². The average Bonchev–Trinajstić information content (AvgIpc) is 3.29. The van der Waals surface area contributed by atoms with E-state index in [1.165, 1.54) is 0 Å². The zero-order valence-corrected chi connectivity index (χ0v) is 19.9. The number of ether oxygens (including phenoxy) is 4. The Bertz CT molecular complexity index is 1230. The third-order valence-corrected chi connectivity index (χ3v) is 6.42. The Morgan fingerprint density at radius 2 is 1.48 bits per heavy atom. The van der Waals surface area contributed by atoms with E-state index in [-0.39, 0.29) is 6.04 Å². The van der Waals surface area contributed by atoms with Gasteiger partial charge in [-0.15, -0.1) is 0 Å². The summed E-state index contributed by atoms with van der Waals surface area (Å²) in [7, 11) is 4.81. The van der Waals surface area contributed by atoms with Gasteiger partial charge in [-0.1, -0.05) is 35.3 Å². The third-order valence-electron chi connectivity index (χ3n) is 5.93. The topological polar surface area (TPSA) is 52.5 Å². The second-order valence-electron chi connectivity index (χ2n) is 7.76. The first-order valence-corrected chi connectivity index (χ1v) is 11.2. The molecule has 0 aliphatic carbocycles. The van der Waals surface area contributed by atoms with Gasteiger partial charge in [0.2, 0.25) is 6.23 Å². The minimum Gasteiger partial charge on any atom is -0.496 e. The van der Waals surface area contributed by atoms with Crippen molar-refractivity contribution in [3.8, 4) is 23.0 Å². The number of fused-ring (bicyclic) bond motifs is 3. The largest absolute Gasteiger partial charge is 0.496 e. The van der Waals surface area contributed by atoms with E-state index >= 15 is 0 Å². The van der Waals surface area contributed by atoms with Crippen molar-refractivity contribution in [3.63, 3.8) is 0 Å². The van der Waals surface area contributed by atoms with E-state index in [1.54, 1.807) is 27.4 Å². The van der Waals surface area contributed by atoms with Crippen LogP contribution in [0.2, 0.25) is 10.0 Å². The Balaban J connectivity index is 1.64. The fourth-order valence-corrected chi connectivity index (χ4v) is 4.63. The van der Waals surface area contributed by atoms with Crippen LogP contribution in [-0.2, 0) is 0 Å². The van der Waals surface area contributed by atoms with Crippen molar-refractivity contribution in [3.05, 3.63) is 81.3 Å². The Kier molecular flexibility index (Phi) is 5.72.